The van der Waals surface area contributed by atoms with Crippen molar-refractivity contribution in [3.05, 3.63) is 88.2 Å². The van der Waals surface area contributed by atoms with Crippen molar-refractivity contribution in [2.24, 2.45) is 0 Å². The van der Waals surface area contributed by atoms with Crippen LogP contribution >= 0.6 is 24.0 Å². The molecule has 2 heterocycles. The van der Waals surface area contributed by atoms with Gasteiger partial charge in [-0.3, -0.25) is 9.69 Å². The normalized spacial score (nSPS) is 14.8. The summed E-state index contributed by atoms with van der Waals surface area (Å²) >= 11 is 6.69. The first-order valence-electron chi connectivity index (χ1n) is 10.7. The third kappa shape index (κ3) is 6.06. The number of ether oxygens (including phenoxy) is 2. The largest absolute Gasteiger partial charge is 0.493 e. The number of carbonyl (C=O) groups excluding carboxylic acids is 1. The van der Waals surface area contributed by atoms with Gasteiger partial charge in [0.1, 0.15) is 21.6 Å². The molecule has 1 saturated heterocycles. The summed E-state index contributed by atoms with van der Waals surface area (Å²) in [5, 5.41) is 0. The topological polar surface area (TPSA) is 51.9 Å². The predicted molar refractivity (Wildman–Crippen MR) is 135 cm³/mol. The summed E-state index contributed by atoms with van der Waals surface area (Å²) < 4.78 is 17.6. The van der Waals surface area contributed by atoms with Gasteiger partial charge in [0, 0.05) is 6.42 Å². The van der Waals surface area contributed by atoms with Crippen LogP contribution in [0.3, 0.4) is 0 Å². The Kier molecular flexibility index (Phi) is 7.52. The average molecular weight is 480 g/mol. The number of nitrogens with zero attached hydrogens (tertiary/aromatic N) is 1. The summed E-state index contributed by atoms with van der Waals surface area (Å²) in [4.78, 5) is 14.9. The number of rotatable bonds is 9. The lowest BCUT2D eigenvalue weighted by Gasteiger charge is -2.12. The van der Waals surface area contributed by atoms with Crippen molar-refractivity contribution in [1.29, 1.82) is 0 Å². The van der Waals surface area contributed by atoms with Crippen LogP contribution in [0.1, 0.15) is 28.9 Å². The molecular weight excluding hydrogens is 454 g/mol. The highest BCUT2D eigenvalue weighted by atomic mass is 32.2. The molecule has 33 heavy (non-hydrogen) atoms. The van der Waals surface area contributed by atoms with E-state index in [1.807, 2.05) is 42.5 Å². The third-order valence-electron chi connectivity index (χ3n) is 5.23. The third-order valence-corrected chi connectivity index (χ3v) is 6.61. The molecule has 1 amide bonds. The Morgan fingerprint density at radius 2 is 1.79 bits per heavy atom. The van der Waals surface area contributed by atoms with Crippen LogP contribution in [0.5, 0.6) is 11.5 Å². The highest BCUT2D eigenvalue weighted by Gasteiger charge is 2.32. The van der Waals surface area contributed by atoms with E-state index >= 15 is 0 Å². The number of amides is 1. The maximum absolute atomic E-state index is 12.8. The minimum atomic E-state index is -0.115. The number of furan rings is 1. The molecule has 1 aliphatic rings. The number of thioether (sulfide) groups is 1. The van der Waals surface area contributed by atoms with Gasteiger partial charge in [-0.05, 0) is 73.0 Å². The molecule has 2 aromatic carbocycles. The van der Waals surface area contributed by atoms with Crippen LogP contribution in [0, 0.1) is 13.8 Å². The van der Waals surface area contributed by atoms with E-state index in [0.717, 1.165) is 23.5 Å². The highest BCUT2D eigenvalue weighted by Crippen LogP contribution is 2.34. The van der Waals surface area contributed by atoms with Gasteiger partial charge in [-0.2, -0.15) is 0 Å². The molecule has 1 fully saturated rings. The lowest BCUT2D eigenvalue weighted by Crippen LogP contribution is -2.27. The van der Waals surface area contributed by atoms with E-state index in [4.69, 9.17) is 26.1 Å². The van der Waals surface area contributed by atoms with Crippen molar-refractivity contribution in [2.45, 2.75) is 26.8 Å². The number of benzene rings is 2. The van der Waals surface area contributed by atoms with Crippen LogP contribution in [0.2, 0.25) is 0 Å². The van der Waals surface area contributed by atoms with Gasteiger partial charge in [-0.1, -0.05) is 42.2 Å². The molecule has 0 saturated carbocycles. The molecule has 0 N–H and O–H groups in total. The maximum Gasteiger partial charge on any atom is 0.266 e. The van der Waals surface area contributed by atoms with Crippen molar-refractivity contribution in [3.8, 4) is 11.5 Å². The molecule has 0 bridgehead atoms. The molecule has 0 aliphatic carbocycles. The van der Waals surface area contributed by atoms with E-state index in [-0.39, 0.29) is 5.91 Å². The van der Waals surface area contributed by atoms with Gasteiger partial charge in [0.15, 0.2) is 0 Å². The monoisotopic (exact) mass is 479 g/mol. The zero-order valence-corrected chi connectivity index (χ0v) is 20.2. The molecule has 0 atom stereocenters. The van der Waals surface area contributed by atoms with Crippen LogP contribution in [-0.2, 0) is 11.3 Å². The average Bonchev–Trinajstić information content (AvgIpc) is 3.40. The lowest BCUT2D eigenvalue weighted by molar-refractivity contribution is -0.122. The van der Waals surface area contributed by atoms with E-state index in [0.29, 0.717) is 34.7 Å². The Hall–Kier alpha value is -3.03. The summed E-state index contributed by atoms with van der Waals surface area (Å²) in [6, 6.07) is 17.4. The van der Waals surface area contributed by atoms with Crippen molar-refractivity contribution in [3.63, 3.8) is 0 Å². The van der Waals surface area contributed by atoms with Gasteiger partial charge in [0.05, 0.1) is 30.9 Å². The van der Waals surface area contributed by atoms with Gasteiger partial charge >= 0.3 is 0 Å². The second kappa shape index (κ2) is 10.7. The summed E-state index contributed by atoms with van der Waals surface area (Å²) in [5.41, 5.74) is 3.36. The fourth-order valence-corrected chi connectivity index (χ4v) is 4.54. The summed E-state index contributed by atoms with van der Waals surface area (Å²) in [6.45, 7) is 5.63. The Bertz CT molecular complexity index is 1170. The molecule has 0 unspecified atom stereocenters. The minimum Gasteiger partial charge on any atom is -0.493 e. The highest BCUT2D eigenvalue weighted by molar-refractivity contribution is 8.26. The summed E-state index contributed by atoms with van der Waals surface area (Å²) in [6.07, 6.45) is 4.20. The quantitative estimate of drug-likeness (QED) is 0.209. The second-order valence-corrected chi connectivity index (χ2v) is 9.39. The van der Waals surface area contributed by atoms with Gasteiger partial charge in [-0.15, -0.1) is 0 Å². The van der Waals surface area contributed by atoms with E-state index in [1.54, 1.807) is 17.2 Å². The van der Waals surface area contributed by atoms with E-state index in [2.05, 4.69) is 26.0 Å². The standard InChI is InChI=1S/C26H25NO4S2/c1-18-9-10-22(14-19(18)2)30-13-5-12-29-21-7-3-6-20(15-21)16-24-25(28)27(26(32)33-24)17-23-8-4-11-31-23/h3-4,6-11,14-16H,5,12-13,17H2,1-2H3/b24-16-. The molecule has 0 spiro atoms. The number of carbonyl (C=O) groups is 1. The number of hydrogen-bond acceptors (Lipinski definition) is 6. The van der Waals surface area contributed by atoms with Crippen LogP contribution in [-0.4, -0.2) is 28.3 Å². The molecule has 1 aromatic heterocycles. The second-order valence-electron chi connectivity index (χ2n) is 7.72. The van der Waals surface area contributed by atoms with Crippen molar-refractivity contribution >= 4 is 40.3 Å². The first-order chi connectivity index (χ1) is 16.0. The molecular formula is C26H25NO4S2. The number of hydrogen-bond donors (Lipinski definition) is 0. The molecule has 4 rings (SSSR count). The van der Waals surface area contributed by atoms with Crippen LogP contribution < -0.4 is 9.47 Å². The van der Waals surface area contributed by atoms with E-state index in [1.165, 1.54) is 22.9 Å². The van der Waals surface area contributed by atoms with Gasteiger partial charge in [0.25, 0.3) is 5.91 Å². The molecule has 0 radical (unpaired) electrons. The van der Waals surface area contributed by atoms with Crippen molar-refractivity contribution in [1.82, 2.24) is 4.90 Å². The van der Waals surface area contributed by atoms with Gasteiger partial charge in [0.2, 0.25) is 0 Å². The zero-order valence-electron chi connectivity index (χ0n) is 18.6. The predicted octanol–water partition coefficient (Wildman–Crippen LogP) is 6.15. The zero-order chi connectivity index (χ0) is 23.2. The molecule has 5 nitrogen and oxygen atoms in total. The van der Waals surface area contributed by atoms with Gasteiger partial charge in [-0.25, -0.2) is 0 Å². The van der Waals surface area contributed by atoms with Crippen LogP contribution in [0.15, 0.2) is 70.2 Å². The maximum atomic E-state index is 12.8. The van der Waals surface area contributed by atoms with Crippen molar-refractivity contribution < 1.29 is 18.7 Å². The molecule has 7 heteroatoms. The fraction of sp³-hybridized carbons (Fsp3) is 0.231. The van der Waals surface area contributed by atoms with Crippen molar-refractivity contribution in [2.75, 3.05) is 13.2 Å². The van der Waals surface area contributed by atoms with Gasteiger partial charge < -0.3 is 13.9 Å². The Morgan fingerprint density at radius 3 is 2.52 bits per heavy atom. The van der Waals surface area contributed by atoms with E-state index < -0.39 is 0 Å². The first kappa shape index (κ1) is 23.1. The Labute approximate surface area is 203 Å². The summed E-state index contributed by atoms with van der Waals surface area (Å²) in [7, 11) is 0. The fourth-order valence-electron chi connectivity index (χ4n) is 3.28. The van der Waals surface area contributed by atoms with Crippen LogP contribution in [0.4, 0.5) is 0 Å². The number of aryl methyl sites for hydroxylation is 2. The Morgan fingerprint density at radius 1 is 1.00 bits per heavy atom. The van der Waals surface area contributed by atoms with E-state index in [9.17, 15) is 4.79 Å². The lowest BCUT2D eigenvalue weighted by atomic mass is 10.1. The smallest absolute Gasteiger partial charge is 0.266 e. The first-order valence-corrected chi connectivity index (χ1v) is 11.9. The number of thiocarbonyl (C=S) groups is 1. The molecule has 1 aliphatic heterocycles. The molecule has 170 valence electrons. The minimum absolute atomic E-state index is 0.115. The molecule has 3 aromatic rings. The summed E-state index contributed by atoms with van der Waals surface area (Å²) in [5.74, 6) is 2.21. The Balaban J connectivity index is 1.29. The SMILES string of the molecule is Cc1ccc(OCCCOc2cccc(/C=C3\SC(=S)N(Cc4ccco4)C3=O)c2)cc1C. The van der Waals surface area contributed by atoms with Crippen LogP contribution in [0.25, 0.3) is 6.08 Å².